The number of carboxylic acids is 4. The van der Waals surface area contributed by atoms with Crippen LogP contribution in [-0.4, -0.2) is 81.9 Å². The van der Waals surface area contributed by atoms with Gasteiger partial charge in [0.1, 0.15) is 17.2 Å². The van der Waals surface area contributed by atoms with Crippen molar-refractivity contribution >= 4 is 110 Å². The Bertz CT molecular complexity index is 2760. The van der Waals surface area contributed by atoms with Gasteiger partial charge in [-0.25, -0.2) is 19.2 Å². The second kappa shape index (κ2) is 18.6. The summed E-state index contributed by atoms with van der Waals surface area (Å²) >= 11 is 4.35. The summed E-state index contributed by atoms with van der Waals surface area (Å²) in [5.41, 5.74) is 0.185. The van der Waals surface area contributed by atoms with Crippen molar-refractivity contribution in [1.82, 2.24) is 17.5 Å². The number of carboxylic acid groups (broad SMARTS) is 4. The number of fused-ring (bicyclic) bond motifs is 4. The number of alkyl halides is 3. The van der Waals surface area contributed by atoms with Crippen molar-refractivity contribution in [3.63, 3.8) is 0 Å². The fourth-order valence-electron chi connectivity index (χ4n) is 4.84. The summed E-state index contributed by atoms with van der Waals surface area (Å²) in [6.45, 7) is 2.50. The summed E-state index contributed by atoms with van der Waals surface area (Å²) in [6, 6.07) is 21.2. The summed E-state index contributed by atoms with van der Waals surface area (Å²) in [7, 11) is 1.57. The molecular formula is C36H25F3N4O11S4. The molecule has 22 heteroatoms. The van der Waals surface area contributed by atoms with E-state index >= 15 is 0 Å². The van der Waals surface area contributed by atoms with E-state index in [9.17, 15) is 32.3 Å². The van der Waals surface area contributed by atoms with Gasteiger partial charge in [0.2, 0.25) is 0 Å². The third kappa shape index (κ3) is 10.5. The molecule has 4 aromatic carbocycles. The summed E-state index contributed by atoms with van der Waals surface area (Å²) in [6.07, 6.45) is -4.77. The normalized spacial score (nSPS) is 10.8. The van der Waals surface area contributed by atoms with Gasteiger partial charge >= 0.3 is 30.2 Å². The molecule has 4 aromatic heterocycles. The van der Waals surface area contributed by atoms with Crippen molar-refractivity contribution < 1.29 is 67.0 Å². The zero-order valence-electron chi connectivity index (χ0n) is 29.4. The fourth-order valence-corrected chi connectivity index (χ4v) is 8.00. The number of aromatic nitrogens is 4. The lowest BCUT2D eigenvalue weighted by molar-refractivity contribution is -0.274. The van der Waals surface area contributed by atoms with Crippen LogP contribution in [0, 0.1) is 0 Å². The predicted molar refractivity (Wildman–Crippen MR) is 211 cm³/mol. The second-order valence-corrected chi connectivity index (χ2v) is 14.2. The van der Waals surface area contributed by atoms with Gasteiger partial charge in [0.05, 0.1) is 32.5 Å². The number of aromatic carboxylic acids is 4. The van der Waals surface area contributed by atoms with Crippen molar-refractivity contribution in [3.05, 3.63) is 102 Å². The minimum Gasteiger partial charge on any atom is -0.497 e. The van der Waals surface area contributed by atoms with Crippen molar-refractivity contribution in [2.45, 2.75) is 13.3 Å². The van der Waals surface area contributed by atoms with Gasteiger partial charge < -0.3 is 34.6 Å². The van der Waals surface area contributed by atoms with E-state index in [1.54, 1.807) is 43.5 Å². The highest BCUT2D eigenvalue weighted by Gasteiger charge is 2.31. The van der Waals surface area contributed by atoms with Crippen molar-refractivity contribution in [3.8, 4) is 17.2 Å². The van der Waals surface area contributed by atoms with Crippen LogP contribution in [0.15, 0.2) is 78.9 Å². The second-order valence-electron chi connectivity index (χ2n) is 11.0. The van der Waals surface area contributed by atoms with E-state index in [1.165, 1.54) is 29.1 Å². The first kappa shape index (κ1) is 42.6. The maximum atomic E-state index is 11.9. The Morgan fingerprint density at radius 2 is 0.914 bits per heavy atom. The number of halogens is 3. The number of carbonyl (C=O) groups is 4. The standard InChI is InChI=1S/C10H9NO3S.C9H4F3NO3S.C9H7NO3S.C8H5NO2S/c1-2-14-6-3-4-7-8(5-6)15-11-9(7)10(12)13;10-9(11,12)16-4-1-2-5-6(3-4)17-13-7(5)8(14)15;1-13-5-2-3-6-7(4-5)14-10-8(6)9(11)12;10-8(11)7-5-3-1-2-4-6(5)12-9-7/h3-5H,2H2,1H3,(H,12,13);1-3H,(H,14,15);2-4H,1H3,(H,11,12);1-4H,(H,10,11). The largest absolute Gasteiger partial charge is 0.573 e. The number of methoxy groups -OCH3 is 1. The van der Waals surface area contributed by atoms with Crippen molar-refractivity contribution in [2.75, 3.05) is 13.7 Å². The van der Waals surface area contributed by atoms with E-state index in [1.807, 2.05) is 31.2 Å². The molecule has 0 unspecified atom stereocenters. The Hall–Kier alpha value is -6.49. The predicted octanol–water partition coefficient (Wildman–Crippen LogP) is 9.28. The number of benzene rings is 4. The molecule has 8 rings (SSSR count). The van der Waals surface area contributed by atoms with E-state index in [0.717, 1.165) is 60.4 Å². The zero-order chi connectivity index (χ0) is 42.1. The minimum atomic E-state index is -4.77. The average Bonchev–Trinajstić information content (AvgIpc) is 3.99. The van der Waals surface area contributed by atoms with Crippen LogP contribution in [0.4, 0.5) is 13.2 Å². The smallest absolute Gasteiger partial charge is 0.497 e. The number of ether oxygens (including phenoxy) is 3. The van der Waals surface area contributed by atoms with Crippen LogP contribution in [0.2, 0.25) is 0 Å². The minimum absolute atomic E-state index is 0.104. The Morgan fingerprint density at radius 3 is 1.33 bits per heavy atom. The van der Waals surface area contributed by atoms with Crippen LogP contribution >= 0.6 is 46.1 Å². The van der Waals surface area contributed by atoms with Crippen LogP contribution in [0.3, 0.4) is 0 Å². The molecule has 4 heterocycles. The Kier molecular flexibility index (Phi) is 13.7. The van der Waals surface area contributed by atoms with Crippen LogP contribution < -0.4 is 14.2 Å². The maximum absolute atomic E-state index is 11.9. The van der Waals surface area contributed by atoms with Gasteiger partial charge in [-0.1, -0.05) is 18.2 Å². The first-order valence-electron chi connectivity index (χ1n) is 16.0. The maximum Gasteiger partial charge on any atom is 0.573 e. The van der Waals surface area contributed by atoms with Gasteiger partial charge in [0, 0.05) is 21.5 Å². The summed E-state index contributed by atoms with van der Waals surface area (Å²) in [5, 5.41) is 37.5. The van der Waals surface area contributed by atoms with Crippen LogP contribution in [0.25, 0.3) is 40.3 Å². The monoisotopic (exact) mass is 874 g/mol. The summed E-state index contributed by atoms with van der Waals surface area (Å²) < 4.78 is 68.0. The third-order valence-electron chi connectivity index (χ3n) is 7.30. The third-order valence-corrected chi connectivity index (χ3v) is 10.6. The molecule has 58 heavy (non-hydrogen) atoms. The summed E-state index contributed by atoms with van der Waals surface area (Å²) in [4.78, 5) is 42.9. The van der Waals surface area contributed by atoms with E-state index in [2.05, 4.69) is 22.2 Å². The molecule has 8 aromatic rings. The lowest BCUT2D eigenvalue weighted by atomic mass is 10.2. The van der Waals surface area contributed by atoms with Gasteiger partial charge in [-0.3, -0.25) is 0 Å². The molecule has 0 saturated carbocycles. The van der Waals surface area contributed by atoms with E-state index in [4.69, 9.17) is 29.9 Å². The molecule has 300 valence electrons. The Balaban J connectivity index is 0.000000148. The van der Waals surface area contributed by atoms with Gasteiger partial charge in [-0.15, -0.1) is 13.2 Å². The first-order chi connectivity index (χ1) is 27.6. The molecule has 15 nitrogen and oxygen atoms in total. The molecule has 0 aliphatic heterocycles. The first-order valence-corrected chi connectivity index (χ1v) is 19.1. The number of nitrogens with zero attached hydrogens (tertiary/aromatic N) is 4. The van der Waals surface area contributed by atoms with Crippen LogP contribution in [0.5, 0.6) is 17.2 Å². The SMILES string of the molecule is CCOc1ccc2c(C(=O)O)nsc2c1.COc1ccc2c(C(=O)O)nsc2c1.O=C(O)c1nsc2cc(OC(F)(F)F)ccc12.O=C(O)c1nsc2ccccc12. The van der Waals surface area contributed by atoms with E-state index in [-0.39, 0.29) is 28.2 Å². The molecule has 0 bridgehead atoms. The van der Waals surface area contributed by atoms with Crippen LogP contribution in [0.1, 0.15) is 48.9 Å². The quantitative estimate of drug-likeness (QED) is 0.111. The number of hydrogen-bond acceptors (Lipinski definition) is 15. The zero-order valence-corrected chi connectivity index (χ0v) is 32.7. The molecule has 0 aliphatic carbocycles. The number of rotatable bonds is 8. The van der Waals surface area contributed by atoms with Crippen molar-refractivity contribution in [1.29, 1.82) is 0 Å². The highest BCUT2D eigenvalue weighted by Crippen LogP contribution is 2.31. The fraction of sp³-hybridized carbons (Fsp3) is 0.111. The molecule has 0 aliphatic rings. The van der Waals surface area contributed by atoms with Gasteiger partial charge in [-0.2, -0.15) is 17.5 Å². The van der Waals surface area contributed by atoms with E-state index in [0.29, 0.717) is 27.8 Å². The molecule has 0 atom stereocenters. The Morgan fingerprint density at radius 1 is 0.552 bits per heavy atom. The van der Waals surface area contributed by atoms with E-state index < -0.39 is 36.0 Å². The topological polar surface area (TPSA) is 228 Å². The molecular weight excluding hydrogens is 850 g/mol. The lowest BCUT2D eigenvalue weighted by Crippen LogP contribution is -2.16. The average molecular weight is 875 g/mol. The van der Waals surface area contributed by atoms with Gasteiger partial charge in [0.25, 0.3) is 0 Å². The molecule has 0 radical (unpaired) electrons. The molecule has 0 fully saturated rings. The Labute approximate surface area is 339 Å². The lowest BCUT2D eigenvalue weighted by Gasteiger charge is -2.08. The molecule has 0 saturated heterocycles. The highest BCUT2D eigenvalue weighted by atomic mass is 32.1. The van der Waals surface area contributed by atoms with Crippen LogP contribution in [-0.2, 0) is 0 Å². The molecule has 4 N–H and O–H groups in total. The summed E-state index contributed by atoms with van der Waals surface area (Å²) in [5.74, 6) is -3.13. The highest BCUT2D eigenvalue weighted by molar-refractivity contribution is 7.14. The number of hydrogen-bond donors (Lipinski definition) is 4. The van der Waals surface area contributed by atoms with Crippen molar-refractivity contribution in [2.24, 2.45) is 0 Å². The van der Waals surface area contributed by atoms with Gasteiger partial charge in [0.15, 0.2) is 22.8 Å². The van der Waals surface area contributed by atoms with Gasteiger partial charge in [-0.05, 0) is 114 Å². The molecule has 0 amide bonds. The molecule has 0 spiro atoms.